The number of imide groups is 1. The van der Waals surface area contributed by atoms with E-state index < -0.39 is 5.91 Å². The number of hydrogen-bond acceptors (Lipinski definition) is 7. The van der Waals surface area contributed by atoms with Gasteiger partial charge in [0.1, 0.15) is 13.2 Å². The van der Waals surface area contributed by atoms with Gasteiger partial charge in [0.2, 0.25) is 0 Å². The van der Waals surface area contributed by atoms with Crippen LogP contribution in [0.5, 0.6) is 23.0 Å². The van der Waals surface area contributed by atoms with E-state index in [1.165, 1.54) is 7.11 Å². The van der Waals surface area contributed by atoms with Crippen LogP contribution in [0, 0.1) is 0 Å². The molecule has 0 N–H and O–H groups in total. The summed E-state index contributed by atoms with van der Waals surface area (Å²) in [5.41, 5.74) is 1.39. The van der Waals surface area contributed by atoms with Crippen LogP contribution in [-0.2, 0) is 11.4 Å². The molecule has 3 aromatic carbocycles. The summed E-state index contributed by atoms with van der Waals surface area (Å²) < 4.78 is 22.3. The first-order chi connectivity index (χ1) is 17.9. The Kier molecular flexibility index (Phi) is 8.87. The standard InChI is InChI=1S/C27H23Cl2NO6S/c1-33-21-9-5-6-10-22(21)35-12-11-30-26(31)24(37-27(30)32)15-17-13-20(29)25(23(14-17)34-2)36-16-18-7-3-4-8-19(18)28/h3-10,13-15H,11-12,16H2,1-2H3/b24-15-. The van der Waals surface area contributed by atoms with Crippen molar-refractivity contribution < 1.29 is 28.5 Å². The molecule has 1 heterocycles. The van der Waals surface area contributed by atoms with E-state index in [-0.39, 0.29) is 29.9 Å². The van der Waals surface area contributed by atoms with E-state index in [4.69, 9.17) is 42.1 Å². The number of amides is 2. The van der Waals surface area contributed by atoms with Crippen molar-refractivity contribution in [3.8, 4) is 23.0 Å². The first kappa shape index (κ1) is 26.7. The van der Waals surface area contributed by atoms with Crippen LogP contribution in [0.3, 0.4) is 0 Å². The summed E-state index contributed by atoms with van der Waals surface area (Å²) in [6.45, 7) is 0.423. The lowest BCUT2D eigenvalue weighted by Gasteiger charge is -2.15. The van der Waals surface area contributed by atoms with E-state index >= 15 is 0 Å². The third-order valence-electron chi connectivity index (χ3n) is 5.39. The Morgan fingerprint density at radius 2 is 1.57 bits per heavy atom. The molecule has 0 aliphatic carbocycles. The minimum Gasteiger partial charge on any atom is -0.493 e. The Morgan fingerprint density at radius 1 is 0.865 bits per heavy atom. The van der Waals surface area contributed by atoms with E-state index in [9.17, 15) is 9.59 Å². The average molecular weight is 560 g/mol. The molecule has 0 saturated carbocycles. The van der Waals surface area contributed by atoms with Crippen molar-refractivity contribution in [2.75, 3.05) is 27.4 Å². The predicted octanol–water partition coefficient (Wildman–Crippen LogP) is 6.70. The van der Waals surface area contributed by atoms with Crippen LogP contribution in [0.2, 0.25) is 10.0 Å². The SMILES string of the molecule is COc1ccccc1OCCN1C(=O)S/C(=C\c2cc(Cl)c(OCc3ccccc3Cl)c(OC)c2)C1=O. The summed E-state index contributed by atoms with van der Waals surface area (Å²) >= 11 is 13.5. The highest BCUT2D eigenvalue weighted by molar-refractivity contribution is 8.18. The maximum atomic E-state index is 12.9. The van der Waals surface area contributed by atoms with Crippen molar-refractivity contribution >= 4 is 52.2 Å². The number of carbonyl (C=O) groups excluding carboxylic acids is 2. The zero-order chi connectivity index (χ0) is 26.4. The lowest BCUT2D eigenvalue weighted by Crippen LogP contribution is -2.32. The number of hydrogen-bond donors (Lipinski definition) is 0. The molecular weight excluding hydrogens is 537 g/mol. The van der Waals surface area contributed by atoms with Gasteiger partial charge in [-0.15, -0.1) is 0 Å². The minimum atomic E-state index is -0.409. The molecule has 192 valence electrons. The zero-order valence-corrected chi connectivity index (χ0v) is 22.4. The van der Waals surface area contributed by atoms with Gasteiger partial charge in [-0.1, -0.05) is 53.5 Å². The van der Waals surface area contributed by atoms with Gasteiger partial charge in [-0.05, 0) is 53.7 Å². The van der Waals surface area contributed by atoms with E-state index in [1.807, 2.05) is 30.3 Å². The number of benzene rings is 3. The molecule has 4 rings (SSSR count). The van der Waals surface area contributed by atoms with Crippen LogP contribution < -0.4 is 18.9 Å². The van der Waals surface area contributed by atoms with E-state index in [0.29, 0.717) is 38.6 Å². The predicted molar refractivity (Wildman–Crippen MR) is 145 cm³/mol. The van der Waals surface area contributed by atoms with Crippen LogP contribution in [0.25, 0.3) is 6.08 Å². The van der Waals surface area contributed by atoms with E-state index in [1.54, 1.807) is 43.5 Å². The number of thioether (sulfide) groups is 1. The minimum absolute atomic E-state index is 0.0962. The van der Waals surface area contributed by atoms with Gasteiger partial charge in [-0.2, -0.15) is 0 Å². The summed E-state index contributed by atoms with van der Waals surface area (Å²) in [7, 11) is 3.04. The fourth-order valence-electron chi connectivity index (χ4n) is 3.56. The molecule has 1 aliphatic heterocycles. The molecule has 0 bridgehead atoms. The molecule has 1 saturated heterocycles. The topological polar surface area (TPSA) is 74.3 Å². The molecule has 1 aliphatic rings. The highest BCUT2D eigenvalue weighted by atomic mass is 35.5. The lowest BCUT2D eigenvalue weighted by molar-refractivity contribution is -0.123. The maximum Gasteiger partial charge on any atom is 0.293 e. The van der Waals surface area contributed by atoms with Crippen molar-refractivity contribution in [2.24, 2.45) is 0 Å². The number of nitrogens with zero attached hydrogens (tertiary/aromatic N) is 1. The molecule has 10 heteroatoms. The second kappa shape index (κ2) is 12.3. The third-order valence-corrected chi connectivity index (χ3v) is 6.95. The molecule has 0 spiro atoms. The van der Waals surface area contributed by atoms with Crippen LogP contribution in [0.1, 0.15) is 11.1 Å². The molecule has 3 aromatic rings. The van der Waals surface area contributed by atoms with Crippen molar-refractivity contribution in [1.82, 2.24) is 4.90 Å². The second-order valence-corrected chi connectivity index (χ2v) is 9.55. The van der Waals surface area contributed by atoms with Gasteiger partial charge in [-0.25, -0.2) is 0 Å². The largest absolute Gasteiger partial charge is 0.493 e. The van der Waals surface area contributed by atoms with Gasteiger partial charge in [0.15, 0.2) is 23.0 Å². The first-order valence-electron chi connectivity index (χ1n) is 11.2. The van der Waals surface area contributed by atoms with E-state index in [0.717, 1.165) is 22.2 Å². The van der Waals surface area contributed by atoms with Crippen molar-refractivity contribution in [1.29, 1.82) is 0 Å². The molecule has 37 heavy (non-hydrogen) atoms. The summed E-state index contributed by atoms with van der Waals surface area (Å²) in [4.78, 5) is 26.8. The highest BCUT2D eigenvalue weighted by Crippen LogP contribution is 2.39. The number of methoxy groups -OCH3 is 2. The van der Waals surface area contributed by atoms with E-state index in [2.05, 4.69) is 0 Å². The van der Waals surface area contributed by atoms with Crippen LogP contribution in [0.4, 0.5) is 4.79 Å². The average Bonchev–Trinajstić information content (AvgIpc) is 3.16. The number of para-hydroxylation sites is 2. The van der Waals surface area contributed by atoms with Crippen molar-refractivity contribution in [3.63, 3.8) is 0 Å². The van der Waals surface area contributed by atoms with Gasteiger partial charge < -0.3 is 18.9 Å². The monoisotopic (exact) mass is 559 g/mol. The fourth-order valence-corrected chi connectivity index (χ4v) is 4.89. The zero-order valence-electron chi connectivity index (χ0n) is 20.0. The van der Waals surface area contributed by atoms with Crippen LogP contribution >= 0.6 is 35.0 Å². The molecule has 1 fully saturated rings. The first-order valence-corrected chi connectivity index (χ1v) is 12.7. The Morgan fingerprint density at radius 3 is 2.30 bits per heavy atom. The van der Waals surface area contributed by atoms with Crippen LogP contribution in [-0.4, -0.2) is 43.4 Å². The second-order valence-electron chi connectivity index (χ2n) is 7.75. The molecule has 7 nitrogen and oxygen atoms in total. The van der Waals surface area contributed by atoms with Gasteiger partial charge >= 0.3 is 0 Å². The van der Waals surface area contributed by atoms with Gasteiger partial charge in [-0.3, -0.25) is 14.5 Å². The fraction of sp³-hybridized carbons (Fsp3) is 0.185. The number of rotatable bonds is 10. The lowest BCUT2D eigenvalue weighted by atomic mass is 10.1. The quantitative estimate of drug-likeness (QED) is 0.255. The van der Waals surface area contributed by atoms with Crippen molar-refractivity contribution in [2.45, 2.75) is 6.61 Å². The molecular formula is C27H23Cl2NO6S. The van der Waals surface area contributed by atoms with Gasteiger partial charge in [0.25, 0.3) is 11.1 Å². The molecule has 0 radical (unpaired) electrons. The van der Waals surface area contributed by atoms with Gasteiger partial charge in [0.05, 0.1) is 30.7 Å². The molecule has 0 aromatic heterocycles. The Balaban J connectivity index is 1.45. The maximum absolute atomic E-state index is 12.9. The number of ether oxygens (including phenoxy) is 4. The summed E-state index contributed by atoms with van der Waals surface area (Å²) in [6.07, 6.45) is 1.60. The summed E-state index contributed by atoms with van der Waals surface area (Å²) in [6, 6.07) is 17.8. The van der Waals surface area contributed by atoms with Crippen molar-refractivity contribution in [3.05, 3.63) is 86.7 Å². The summed E-state index contributed by atoms with van der Waals surface area (Å²) in [5.74, 6) is 1.43. The number of halogens is 2. The van der Waals surface area contributed by atoms with Gasteiger partial charge in [0, 0.05) is 10.6 Å². The highest BCUT2D eigenvalue weighted by Gasteiger charge is 2.35. The Bertz CT molecular complexity index is 1350. The third kappa shape index (κ3) is 6.33. The molecule has 0 atom stereocenters. The smallest absolute Gasteiger partial charge is 0.293 e. The Hall–Kier alpha value is -3.33. The normalized spacial score (nSPS) is 14.3. The Labute approximate surface area is 228 Å². The van der Waals surface area contributed by atoms with Crippen LogP contribution in [0.15, 0.2) is 65.6 Å². The molecule has 2 amide bonds. The molecule has 0 unspecified atom stereocenters. The summed E-state index contributed by atoms with van der Waals surface area (Å²) in [5, 5.41) is 0.498. The number of carbonyl (C=O) groups is 2.